The van der Waals surface area contributed by atoms with Crippen LogP contribution in [0.2, 0.25) is 0 Å². The average molecular weight is 318 g/mol. The highest BCUT2D eigenvalue weighted by Crippen LogP contribution is 2.43. The second-order valence-corrected chi connectivity index (χ2v) is 5.43. The molecule has 2 aliphatic rings. The van der Waals surface area contributed by atoms with Crippen molar-refractivity contribution < 1.29 is 30.6 Å². The quantitative estimate of drug-likeness (QED) is 0.910. The van der Waals surface area contributed by atoms with Gasteiger partial charge in [0.05, 0.1) is 11.6 Å². The maximum Gasteiger partial charge on any atom is 0.417 e. The molecule has 1 aromatic rings. The summed E-state index contributed by atoms with van der Waals surface area (Å²) in [5.74, 6) is -0.694. The maximum absolute atomic E-state index is 12.5. The number of fused-ring (bicyclic) bond motifs is 2. The van der Waals surface area contributed by atoms with Crippen LogP contribution in [0.15, 0.2) is 18.3 Å². The molecular weight excluding hydrogens is 301 g/mol. The molecule has 1 N–H and O–H groups in total. The van der Waals surface area contributed by atoms with Gasteiger partial charge in [0.2, 0.25) is 5.88 Å². The number of rotatable bonds is 2. The molecule has 2 heterocycles. The Morgan fingerprint density at radius 1 is 1.55 bits per heavy atom. The normalized spacial score (nSPS) is 34.3. The van der Waals surface area contributed by atoms with Crippen molar-refractivity contribution in [3.8, 4) is 5.88 Å². The van der Waals surface area contributed by atoms with Crippen LogP contribution in [-0.2, 0) is 6.18 Å². The van der Waals surface area contributed by atoms with E-state index in [9.17, 15) is 23.1 Å². The van der Waals surface area contributed by atoms with Gasteiger partial charge in [0.1, 0.15) is 6.10 Å². The van der Waals surface area contributed by atoms with E-state index < -0.39 is 48.3 Å². The van der Waals surface area contributed by atoms with Gasteiger partial charge in [-0.05, 0) is 31.7 Å². The fraction of sp³-hybridized carbons (Fsp3) is 0.571. The number of pyridine rings is 1. The second-order valence-electron chi connectivity index (χ2n) is 5.43. The molecule has 1 aliphatic heterocycles. The Hall–Kier alpha value is -1.99. The molecule has 1 saturated carbocycles. The summed E-state index contributed by atoms with van der Waals surface area (Å²) in [7, 11) is 0. The topological polar surface area (TPSA) is 62.7 Å². The van der Waals surface area contributed by atoms with Crippen LogP contribution in [-0.4, -0.2) is 39.3 Å². The summed E-state index contributed by atoms with van der Waals surface area (Å²) < 4.78 is 59.5. The van der Waals surface area contributed by atoms with E-state index in [2.05, 4.69) is 4.98 Å². The van der Waals surface area contributed by atoms with Gasteiger partial charge in [-0.1, -0.05) is 0 Å². The summed E-state index contributed by atoms with van der Waals surface area (Å²) in [4.78, 5) is 16.1. The summed E-state index contributed by atoms with van der Waals surface area (Å²) in [6, 6.07) is 0.631. The molecule has 5 nitrogen and oxygen atoms in total. The third-order valence-corrected chi connectivity index (χ3v) is 4.13. The Morgan fingerprint density at radius 3 is 2.77 bits per heavy atom. The SMILES string of the molecule is [2H]C1([2H])C(Oc2ccc(C(F)(F)F)cn2)[C@@H]2C[C@H]1[C@@H](C)N2C(=O)O. The van der Waals surface area contributed by atoms with Crippen LogP contribution >= 0.6 is 0 Å². The number of carbonyl (C=O) groups is 1. The van der Waals surface area contributed by atoms with Gasteiger partial charge in [-0.2, -0.15) is 13.2 Å². The summed E-state index contributed by atoms with van der Waals surface area (Å²) in [5, 5.41) is 9.29. The third kappa shape index (κ3) is 2.46. The van der Waals surface area contributed by atoms with E-state index >= 15 is 0 Å². The molecular formula is C14H15F3N2O3. The first-order chi connectivity index (χ1) is 11.0. The van der Waals surface area contributed by atoms with Crippen molar-refractivity contribution in [2.24, 2.45) is 5.92 Å². The van der Waals surface area contributed by atoms with Crippen LogP contribution < -0.4 is 4.74 Å². The molecule has 0 radical (unpaired) electrons. The third-order valence-electron chi connectivity index (χ3n) is 4.13. The molecule has 1 aliphatic carbocycles. The Balaban J connectivity index is 1.83. The van der Waals surface area contributed by atoms with E-state index in [0.29, 0.717) is 12.6 Å². The number of nitrogens with zero attached hydrogens (tertiary/aromatic N) is 2. The lowest BCUT2D eigenvalue weighted by atomic mass is 9.99. The molecule has 22 heavy (non-hydrogen) atoms. The van der Waals surface area contributed by atoms with Crippen molar-refractivity contribution in [2.45, 2.75) is 44.1 Å². The van der Waals surface area contributed by atoms with Gasteiger partial charge in [-0.3, -0.25) is 4.90 Å². The van der Waals surface area contributed by atoms with E-state index in [1.165, 1.54) is 0 Å². The second kappa shape index (κ2) is 5.03. The van der Waals surface area contributed by atoms with Gasteiger partial charge in [-0.25, -0.2) is 9.78 Å². The predicted octanol–water partition coefficient (Wildman–Crippen LogP) is 3.01. The number of ether oxygens (including phenoxy) is 1. The number of alkyl halides is 3. The van der Waals surface area contributed by atoms with Crippen molar-refractivity contribution in [3.05, 3.63) is 23.9 Å². The van der Waals surface area contributed by atoms with Crippen LogP contribution in [0.1, 0.15) is 28.0 Å². The largest absolute Gasteiger partial charge is 0.472 e. The summed E-state index contributed by atoms with van der Waals surface area (Å²) >= 11 is 0. The molecule has 0 spiro atoms. The maximum atomic E-state index is 12.5. The van der Waals surface area contributed by atoms with E-state index in [0.717, 1.165) is 17.0 Å². The standard InChI is InChI=1S/C14H15F3N2O3/c1-7-8-4-10(19(7)13(20)21)11(5-8)22-12-3-2-9(6-18-12)14(15,16)17/h2-3,6-8,10-11H,4-5H2,1H3,(H,20,21)/t7-,8-,10+,11?/m1/s1/i5D2. The molecule has 2 fully saturated rings. The van der Waals surface area contributed by atoms with Crippen molar-refractivity contribution in [1.29, 1.82) is 0 Å². The lowest BCUT2D eigenvalue weighted by Gasteiger charge is -2.35. The number of piperidine rings is 1. The molecule has 8 heteroatoms. The fourth-order valence-corrected chi connectivity index (χ4v) is 3.04. The zero-order valence-corrected chi connectivity index (χ0v) is 11.5. The van der Waals surface area contributed by atoms with Gasteiger partial charge in [0, 0.05) is 21.0 Å². The number of amides is 1. The Kier molecular flexibility index (Phi) is 2.87. The van der Waals surface area contributed by atoms with Crippen molar-refractivity contribution >= 4 is 6.09 Å². The summed E-state index contributed by atoms with van der Waals surface area (Å²) in [5.41, 5.74) is -0.938. The zero-order valence-electron chi connectivity index (χ0n) is 13.5. The Bertz CT molecular complexity index is 654. The number of hydrogen-bond acceptors (Lipinski definition) is 3. The molecule has 3 rings (SSSR count). The lowest BCUT2D eigenvalue weighted by Crippen LogP contribution is -2.50. The van der Waals surface area contributed by atoms with Crippen molar-refractivity contribution in [2.75, 3.05) is 0 Å². The monoisotopic (exact) mass is 318 g/mol. The average Bonchev–Trinajstić information content (AvgIpc) is 2.92. The van der Waals surface area contributed by atoms with Crippen molar-refractivity contribution in [1.82, 2.24) is 9.88 Å². The lowest BCUT2D eigenvalue weighted by molar-refractivity contribution is -0.137. The first-order valence-corrected chi connectivity index (χ1v) is 6.74. The highest BCUT2D eigenvalue weighted by Gasteiger charge is 2.52. The van der Waals surface area contributed by atoms with Crippen LogP contribution in [0.25, 0.3) is 0 Å². The van der Waals surface area contributed by atoms with Crippen LogP contribution in [0.5, 0.6) is 5.88 Å². The van der Waals surface area contributed by atoms with Crippen LogP contribution in [0.3, 0.4) is 0 Å². The van der Waals surface area contributed by atoms with Gasteiger partial charge < -0.3 is 9.84 Å². The fourth-order valence-electron chi connectivity index (χ4n) is 3.04. The number of carboxylic acid groups (broad SMARTS) is 1. The molecule has 1 aromatic heterocycles. The number of aromatic nitrogens is 1. The first kappa shape index (κ1) is 12.5. The first-order valence-electron chi connectivity index (χ1n) is 7.74. The molecule has 2 bridgehead atoms. The van der Waals surface area contributed by atoms with Gasteiger partial charge in [0.25, 0.3) is 0 Å². The smallest absolute Gasteiger partial charge is 0.417 e. The zero-order chi connectivity index (χ0) is 17.9. The highest BCUT2D eigenvalue weighted by molar-refractivity contribution is 5.67. The van der Waals surface area contributed by atoms with E-state index in [1.807, 2.05) is 0 Å². The van der Waals surface area contributed by atoms with Crippen molar-refractivity contribution in [3.63, 3.8) is 0 Å². The number of likely N-dealkylation sites (tertiary alicyclic amines) is 1. The Morgan fingerprint density at radius 2 is 2.27 bits per heavy atom. The summed E-state index contributed by atoms with van der Waals surface area (Å²) in [6.45, 7) is 1.64. The van der Waals surface area contributed by atoms with E-state index in [1.54, 1.807) is 6.92 Å². The minimum atomic E-state index is -4.53. The summed E-state index contributed by atoms with van der Waals surface area (Å²) in [6.07, 6.45) is -7.68. The van der Waals surface area contributed by atoms with E-state index in [4.69, 9.17) is 7.48 Å². The molecule has 1 amide bonds. The Labute approximate surface area is 127 Å². The molecule has 120 valence electrons. The predicted molar refractivity (Wildman–Crippen MR) is 69.5 cm³/mol. The molecule has 0 aromatic carbocycles. The highest BCUT2D eigenvalue weighted by atomic mass is 19.4. The van der Waals surface area contributed by atoms with Crippen LogP contribution in [0.4, 0.5) is 18.0 Å². The minimum Gasteiger partial charge on any atom is -0.472 e. The van der Waals surface area contributed by atoms with Gasteiger partial charge >= 0.3 is 12.3 Å². The van der Waals surface area contributed by atoms with Gasteiger partial charge in [-0.15, -0.1) is 0 Å². The number of halogens is 3. The number of hydrogen-bond donors (Lipinski definition) is 1. The van der Waals surface area contributed by atoms with Gasteiger partial charge in [0.15, 0.2) is 0 Å². The molecule has 1 unspecified atom stereocenters. The molecule has 4 atom stereocenters. The minimum absolute atomic E-state index is 0.164. The van der Waals surface area contributed by atoms with E-state index in [-0.39, 0.29) is 5.88 Å². The molecule has 1 saturated heterocycles. The van der Waals surface area contributed by atoms with Crippen LogP contribution in [0, 0.1) is 5.92 Å².